The van der Waals surface area contributed by atoms with Gasteiger partial charge in [0.25, 0.3) is 0 Å². The van der Waals surface area contributed by atoms with Crippen LogP contribution in [0.1, 0.15) is 0 Å². The first-order valence-corrected chi connectivity index (χ1v) is 10.4. The van der Waals surface area contributed by atoms with Crippen molar-refractivity contribution in [2.45, 2.75) is 0 Å². The Labute approximate surface area is 182 Å². The highest BCUT2D eigenvalue weighted by atomic mass is 79.9. The lowest BCUT2D eigenvalue weighted by Gasteiger charge is -2.41. The number of para-hydroxylation sites is 3. The molecule has 0 bridgehead atoms. The predicted molar refractivity (Wildman–Crippen MR) is 127 cm³/mol. The van der Waals surface area contributed by atoms with Gasteiger partial charge < -0.3 is 9.80 Å². The lowest BCUT2D eigenvalue weighted by Crippen LogP contribution is -2.31. The van der Waals surface area contributed by atoms with Crippen LogP contribution in [0.15, 0.2) is 118 Å². The summed E-state index contributed by atoms with van der Waals surface area (Å²) in [6.45, 7) is 8.33. The number of fused-ring (bicyclic) bond motifs is 1. The van der Waals surface area contributed by atoms with E-state index in [1.807, 2.05) is 42.5 Å². The summed E-state index contributed by atoms with van der Waals surface area (Å²) >= 11 is 7.42. The van der Waals surface area contributed by atoms with Gasteiger partial charge in [0.1, 0.15) is 0 Å². The highest BCUT2D eigenvalue weighted by molar-refractivity contribution is 9.12. The summed E-state index contributed by atoms with van der Waals surface area (Å²) in [4.78, 5) is 4.43. The minimum atomic E-state index is 0.790. The molecule has 1 aliphatic rings. The fourth-order valence-electron chi connectivity index (χ4n) is 3.51. The predicted octanol–water partition coefficient (Wildman–Crippen LogP) is 8.05. The van der Waals surface area contributed by atoms with E-state index in [0.717, 1.165) is 43.1 Å². The molecule has 1 aliphatic heterocycles. The van der Waals surface area contributed by atoms with Crippen molar-refractivity contribution in [3.8, 4) is 0 Å². The van der Waals surface area contributed by atoms with E-state index in [4.69, 9.17) is 0 Å². The molecule has 4 rings (SSSR count). The maximum Gasteiger partial charge on any atom is 0.0846 e. The zero-order valence-electron chi connectivity index (χ0n) is 15.1. The molecule has 3 aromatic carbocycles. The molecular formula is C24H18Br2N2. The third-order valence-electron chi connectivity index (χ3n) is 4.62. The smallest absolute Gasteiger partial charge is 0.0846 e. The molecule has 138 valence electrons. The van der Waals surface area contributed by atoms with Crippen LogP contribution in [-0.2, 0) is 0 Å². The molecule has 0 radical (unpaired) electrons. The average Bonchev–Trinajstić information content (AvgIpc) is 2.73. The first kappa shape index (κ1) is 18.8. The number of nitrogens with zero attached hydrogens (tertiary/aromatic N) is 2. The number of hydrogen-bond acceptors (Lipinski definition) is 2. The summed E-state index contributed by atoms with van der Waals surface area (Å²) in [6, 6.07) is 26.8. The van der Waals surface area contributed by atoms with Gasteiger partial charge in [-0.25, -0.2) is 0 Å². The first-order chi connectivity index (χ1) is 13.6. The van der Waals surface area contributed by atoms with Gasteiger partial charge in [-0.2, -0.15) is 0 Å². The Balaban J connectivity index is 2.10. The van der Waals surface area contributed by atoms with E-state index < -0.39 is 0 Å². The molecule has 0 aliphatic carbocycles. The van der Waals surface area contributed by atoms with Crippen LogP contribution in [0.3, 0.4) is 0 Å². The summed E-state index contributed by atoms with van der Waals surface area (Å²) in [5, 5.41) is 0. The summed E-state index contributed by atoms with van der Waals surface area (Å²) in [7, 11) is 0. The van der Waals surface area contributed by atoms with E-state index in [1.165, 1.54) is 0 Å². The van der Waals surface area contributed by atoms with Crippen molar-refractivity contribution in [1.82, 2.24) is 0 Å². The standard InChI is InChI=1S/C24H18Br2N2/c1-3-21-23(17(2)25)28(19-13-8-5-9-14-19)22-16-10-15-20(26)24(22)27(21)18-11-6-4-7-12-18/h3-16H,1-2H2. The molecule has 0 aromatic heterocycles. The molecule has 0 saturated heterocycles. The zero-order valence-corrected chi connectivity index (χ0v) is 18.3. The topological polar surface area (TPSA) is 6.48 Å². The zero-order chi connectivity index (χ0) is 19.7. The van der Waals surface area contributed by atoms with Crippen LogP contribution in [0.5, 0.6) is 0 Å². The van der Waals surface area contributed by atoms with Gasteiger partial charge in [-0.3, -0.25) is 0 Å². The second kappa shape index (κ2) is 7.82. The fourth-order valence-corrected chi connectivity index (χ4v) is 4.42. The van der Waals surface area contributed by atoms with E-state index in [1.54, 1.807) is 0 Å². The second-order valence-corrected chi connectivity index (χ2v) is 8.10. The van der Waals surface area contributed by atoms with Gasteiger partial charge in [0, 0.05) is 20.3 Å². The Morgan fingerprint density at radius 2 is 1.36 bits per heavy atom. The van der Waals surface area contributed by atoms with Crippen molar-refractivity contribution in [2.24, 2.45) is 0 Å². The van der Waals surface area contributed by atoms with Crippen LogP contribution >= 0.6 is 31.9 Å². The Bertz CT molecular complexity index is 1070. The molecule has 1 heterocycles. The number of rotatable bonds is 4. The minimum absolute atomic E-state index is 0.790. The Kier molecular flexibility index (Phi) is 5.25. The second-order valence-electron chi connectivity index (χ2n) is 6.29. The lowest BCUT2D eigenvalue weighted by atomic mass is 10.0. The molecule has 0 fully saturated rings. The van der Waals surface area contributed by atoms with Gasteiger partial charge in [-0.15, -0.1) is 0 Å². The Morgan fingerprint density at radius 1 is 0.786 bits per heavy atom. The molecule has 3 aromatic rings. The number of halogens is 2. The third-order valence-corrected chi connectivity index (χ3v) is 5.63. The average molecular weight is 494 g/mol. The normalized spacial score (nSPS) is 13.4. The SMILES string of the molecule is C=CC1=C(C(=C)Br)N(c2ccccc2)c2cccc(Br)c2N1c1ccccc1. The van der Waals surface area contributed by atoms with Crippen LogP contribution in [0.25, 0.3) is 0 Å². The highest BCUT2D eigenvalue weighted by Crippen LogP contribution is 2.52. The van der Waals surface area contributed by atoms with E-state index in [-0.39, 0.29) is 0 Å². The molecule has 0 atom stereocenters. The quantitative estimate of drug-likeness (QED) is 0.362. The van der Waals surface area contributed by atoms with Gasteiger partial charge in [-0.05, 0) is 74.3 Å². The molecule has 4 heteroatoms. The van der Waals surface area contributed by atoms with Crippen molar-refractivity contribution in [3.05, 3.63) is 118 Å². The number of hydrogen-bond donors (Lipinski definition) is 0. The Morgan fingerprint density at radius 3 is 1.89 bits per heavy atom. The first-order valence-electron chi connectivity index (χ1n) is 8.84. The lowest BCUT2D eigenvalue weighted by molar-refractivity contribution is 1.06. The summed E-state index contributed by atoms with van der Waals surface area (Å²) in [6.07, 6.45) is 1.88. The third kappa shape index (κ3) is 3.13. The summed E-state index contributed by atoms with van der Waals surface area (Å²) in [5.74, 6) is 0. The van der Waals surface area contributed by atoms with Crippen molar-refractivity contribution >= 4 is 54.6 Å². The number of anilines is 4. The van der Waals surface area contributed by atoms with E-state index in [9.17, 15) is 0 Å². The number of allylic oxidation sites excluding steroid dienone is 2. The van der Waals surface area contributed by atoms with Gasteiger partial charge in [0.05, 0.1) is 22.8 Å². The van der Waals surface area contributed by atoms with Crippen LogP contribution in [0.4, 0.5) is 22.7 Å². The molecular weight excluding hydrogens is 476 g/mol. The van der Waals surface area contributed by atoms with Gasteiger partial charge >= 0.3 is 0 Å². The van der Waals surface area contributed by atoms with Gasteiger partial charge in [0.15, 0.2) is 0 Å². The van der Waals surface area contributed by atoms with Crippen LogP contribution in [0.2, 0.25) is 0 Å². The van der Waals surface area contributed by atoms with Crippen LogP contribution < -0.4 is 9.80 Å². The Hall–Kier alpha value is -2.56. The van der Waals surface area contributed by atoms with Gasteiger partial charge in [0.2, 0.25) is 0 Å². The van der Waals surface area contributed by atoms with Crippen LogP contribution in [0, 0.1) is 0 Å². The summed E-state index contributed by atoms with van der Waals surface area (Å²) < 4.78 is 1.80. The van der Waals surface area contributed by atoms with E-state index in [2.05, 4.69) is 97.3 Å². The molecule has 2 nitrogen and oxygen atoms in total. The maximum atomic E-state index is 4.21. The fraction of sp³-hybridized carbons (Fsp3) is 0. The molecule has 0 N–H and O–H groups in total. The van der Waals surface area contributed by atoms with Crippen LogP contribution in [-0.4, -0.2) is 0 Å². The highest BCUT2D eigenvalue weighted by Gasteiger charge is 2.33. The maximum absolute atomic E-state index is 4.21. The molecule has 28 heavy (non-hydrogen) atoms. The van der Waals surface area contributed by atoms with Crippen molar-refractivity contribution in [3.63, 3.8) is 0 Å². The van der Waals surface area contributed by atoms with Crippen molar-refractivity contribution in [1.29, 1.82) is 0 Å². The largest absolute Gasteiger partial charge is 0.305 e. The minimum Gasteiger partial charge on any atom is -0.305 e. The number of benzene rings is 3. The van der Waals surface area contributed by atoms with Crippen molar-refractivity contribution in [2.75, 3.05) is 9.80 Å². The van der Waals surface area contributed by atoms with E-state index in [0.29, 0.717) is 0 Å². The molecule has 0 spiro atoms. The molecule has 0 unspecified atom stereocenters. The monoisotopic (exact) mass is 492 g/mol. The van der Waals surface area contributed by atoms with Crippen molar-refractivity contribution < 1.29 is 0 Å². The molecule has 0 amide bonds. The molecule has 0 saturated carbocycles. The van der Waals surface area contributed by atoms with E-state index >= 15 is 0 Å². The van der Waals surface area contributed by atoms with Gasteiger partial charge in [-0.1, -0.05) is 55.6 Å². The summed E-state index contributed by atoms with van der Waals surface area (Å²) in [5.41, 5.74) is 6.15.